The molecule has 0 aliphatic heterocycles. The fourth-order valence-corrected chi connectivity index (χ4v) is 1.94. The molecular formula is C15H26ClN7O. The molecule has 0 aliphatic carbocycles. The van der Waals surface area contributed by atoms with Crippen LogP contribution in [0, 0.1) is 0 Å². The van der Waals surface area contributed by atoms with E-state index in [1.54, 1.807) is 6.92 Å². The molecule has 8 nitrogen and oxygen atoms in total. The number of hydrogen-bond acceptors (Lipinski definition) is 8. The summed E-state index contributed by atoms with van der Waals surface area (Å²) in [6.07, 6.45) is 1.96. The number of rotatable bonds is 7. The van der Waals surface area contributed by atoms with E-state index < -0.39 is 6.10 Å². The van der Waals surface area contributed by atoms with Crippen LogP contribution in [0.15, 0.2) is 6.33 Å². The van der Waals surface area contributed by atoms with Crippen LogP contribution < -0.4 is 15.5 Å². The molecule has 3 N–H and O–H groups in total. The van der Waals surface area contributed by atoms with Gasteiger partial charge in [0.15, 0.2) is 11.6 Å². The maximum Gasteiger partial charge on any atom is 0.227 e. The molecule has 2 atom stereocenters. The minimum Gasteiger partial charge on any atom is -0.391 e. The van der Waals surface area contributed by atoms with Crippen molar-refractivity contribution in [2.75, 3.05) is 36.2 Å². The SMILES string of the molecule is CCCNc1nc(N(C)C)nc2c(NC(C)C(C)O)ncnc12.Cl. The predicted octanol–water partition coefficient (Wildman–Crippen LogP) is 1.91. The topological polar surface area (TPSA) is 99.1 Å². The highest BCUT2D eigenvalue weighted by Gasteiger charge is 2.17. The minimum atomic E-state index is -0.507. The van der Waals surface area contributed by atoms with Crippen molar-refractivity contribution < 1.29 is 5.11 Å². The van der Waals surface area contributed by atoms with E-state index in [0.717, 1.165) is 13.0 Å². The minimum absolute atomic E-state index is 0. The fraction of sp³-hybridized carbons (Fsp3) is 0.600. The summed E-state index contributed by atoms with van der Waals surface area (Å²) in [5.41, 5.74) is 1.30. The molecule has 2 rings (SSSR count). The van der Waals surface area contributed by atoms with Crippen molar-refractivity contribution in [3.05, 3.63) is 6.33 Å². The van der Waals surface area contributed by atoms with Gasteiger partial charge in [-0.2, -0.15) is 4.98 Å². The van der Waals surface area contributed by atoms with Crippen molar-refractivity contribution in [2.45, 2.75) is 39.3 Å². The lowest BCUT2D eigenvalue weighted by atomic mass is 10.2. The van der Waals surface area contributed by atoms with E-state index in [9.17, 15) is 5.11 Å². The molecule has 134 valence electrons. The van der Waals surface area contributed by atoms with Crippen molar-refractivity contribution >= 4 is 41.0 Å². The maximum atomic E-state index is 9.71. The average molecular weight is 356 g/mol. The Bertz CT molecular complexity index is 666. The highest BCUT2D eigenvalue weighted by atomic mass is 35.5. The number of halogens is 1. The third-order valence-electron chi connectivity index (χ3n) is 3.50. The molecule has 0 fully saturated rings. The van der Waals surface area contributed by atoms with Crippen LogP contribution >= 0.6 is 12.4 Å². The van der Waals surface area contributed by atoms with Crippen molar-refractivity contribution in [3.63, 3.8) is 0 Å². The lowest BCUT2D eigenvalue weighted by Gasteiger charge is -2.19. The molecule has 24 heavy (non-hydrogen) atoms. The number of aliphatic hydroxyl groups excluding tert-OH is 1. The maximum absolute atomic E-state index is 9.71. The van der Waals surface area contributed by atoms with E-state index in [-0.39, 0.29) is 18.4 Å². The Morgan fingerprint density at radius 3 is 2.42 bits per heavy atom. The van der Waals surface area contributed by atoms with Crippen LogP contribution in [0.3, 0.4) is 0 Å². The van der Waals surface area contributed by atoms with Crippen molar-refractivity contribution in [2.24, 2.45) is 0 Å². The van der Waals surface area contributed by atoms with Gasteiger partial charge in [-0.25, -0.2) is 15.0 Å². The van der Waals surface area contributed by atoms with Crippen LogP contribution in [0.5, 0.6) is 0 Å². The van der Waals surface area contributed by atoms with E-state index in [0.29, 0.717) is 28.6 Å². The summed E-state index contributed by atoms with van der Waals surface area (Å²) in [4.78, 5) is 19.5. The number of aromatic nitrogens is 4. The molecule has 2 aromatic heterocycles. The molecule has 0 spiro atoms. The predicted molar refractivity (Wildman–Crippen MR) is 100 cm³/mol. The molecule has 0 saturated heterocycles. The summed E-state index contributed by atoms with van der Waals surface area (Å²) < 4.78 is 0. The van der Waals surface area contributed by atoms with Gasteiger partial charge in [0.05, 0.1) is 12.1 Å². The molecule has 9 heteroatoms. The van der Waals surface area contributed by atoms with Gasteiger partial charge in [0, 0.05) is 20.6 Å². The van der Waals surface area contributed by atoms with Gasteiger partial charge in [0.2, 0.25) is 5.95 Å². The van der Waals surface area contributed by atoms with Gasteiger partial charge in [-0.1, -0.05) is 6.92 Å². The largest absolute Gasteiger partial charge is 0.391 e. The first-order chi connectivity index (χ1) is 10.9. The quantitative estimate of drug-likeness (QED) is 0.692. The van der Waals surface area contributed by atoms with Gasteiger partial charge in [0.1, 0.15) is 17.4 Å². The summed E-state index contributed by atoms with van der Waals surface area (Å²) in [6, 6.07) is -0.155. The lowest BCUT2D eigenvalue weighted by Crippen LogP contribution is -2.28. The van der Waals surface area contributed by atoms with E-state index in [1.807, 2.05) is 25.9 Å². The summed E-state index contributed by atoms with van der Waals surface area (Å²) in [5.74, 6) is 1.86. The van der Waals surface area contributed by atoms with Gasteiger partial charge in [-0.15, -0.1) is 12.4 Å². The monoisotopic (exact) mass is 355 g/mol. The molecule has 0 saturated carbocycles. The lowest BCUT2D eigenvalue weighted by molar-refractivity contribution is 0.178. The molecule has 2 aromatic rings. The fourth-order valence-electron chi connectivity index (χ4n) is 1.94. The highest BCUT2D eigenvalue weighted by molar-refractivity contribution is 5.93. The summed E-state index contributed by atoms with van der Waals surface area (Å²) in [6.45, 7) is 6.52. The van der Waals surface area contributed by atoms with Crippen LogP contribution in [0.4, 0.5) is 17.6 Å². The number of fused-ring (bicyclic) bond motifs is 1. The van der Waals surface area contributed by atoms with Gasteiger partial charge < -0.3 is 20.6 Å². The van der Waals surface area contributed by atoms with Gasteiger partial charge in [-0.3, -0.25) is 0 Å². The Labute approximate surface area is 148 Å². The van der Waals surface area contributed by atoms with E-state index in [4.69, 9.17) is 0 Å². The Morgan fingerprint density at radius 2 is 1.83 bits per heavy atom. The Kier molecular flexibility index (Phi) is 7.37. The molecule has 0 bridgehead atoms. The van der Waals surface area contributed by atoms with Crippen LogP contribution in [-0.4, -0.2) is 57.8 Å². The van der Waals surface area contributed by atoms with Crippen molar-refractivity contribution in [1.29, 1.82) is 0 Å². The summed E-state index contributed by atoms with van der Waals surface area (Å²) in [7, 11) is 3.78. The standard InChI is InChI=1S/C15H25N7O.ClH/c1-6-7-16-13-11-12(20-15(21-13)22(4)5)14(18-8-17-11)19-9(2)10(3)23;/h8-10,23H,6-7H2,1-5H3,(H,16,20,21)(H,17,18,19);1H. The molecule has 0 aliphatic rings. The van der Waals surface area contributed by atoms with Crippen LogP contribution in [0.2, 0.25) is 0 Å². The second kappa shape index (κ2) is 8.79. The molecule has 0 radical (unpaired) electrons. The first-order valence-corrected chi connectivity index (χ1v) is 7.82. The zero-order valence-electron chi connectivity index (χ0n) is 14.7. The van der Waals surface area contributed by atoms with E-state index >= 15 is 0 Å². The van der Waals surface area contributed by atoms with E-state index in [1.165, 1.54) is 6.33 Å². The summed E-state index contributed by atoms with van der Waals surface area (Å²) in [5, 5.41) is 16.2. The first-order valence-electron chi connectivity index (χ1n) is 7.82. The molecule has 2 unspecified atom stereocenters. The molecular weight excluding hydrogens is 330 g/mol. The number of nitrogens with one attached hydrogen (secondary N) is 2. The first kappa shape index (κ1) is 20.1. The number of anilines is 3. The normalized spacial score (nSPS) is 13.1. The average Bonchev–Trinajstić information content (AvgIpc) is 2.52. The number of hydrogen-bond donors (Lipinski definition) is 3. The smallest absolute Gasteiger partial charge is 0.227 e. The van der Waals surface area contributed by atoms with Gasteiger partial charge in [0.25, 0.3) is 0 Å². The Hall–Kier alpha value is -1.93. The Balaban J connectivity index is 0.00000288. The molecule has 0 amide bonds. The van der Waals surface area contributed by atoms with Crippen molar-refractivity contribution in [1.82, 2.24) is 19.9 Å². The number of nitrogens with zero attached hydrogens (tertiary/aromatic N) is 5. The van der Waals surface area contributed by atoms with Gasteiger partial charge in [-0.05, 0) is 20.3 Å². The van der Waals surface area contributed by atoms with E-state index in [2.05, 4.69) is 37.5 Å². The van der Waals surface area contributed by atoms with Crippen LogP contribution in [-0.2, 0) is 0 Å². The molecule has 0 aromatic carbocycles. The second-order valence-electron chi connectivity index (χ2n) is 5.79. The Morgan fingerprint density at radius 1 is 1.12 bits per heavy atom. The van der Waals surface area contributed by atoms with Crippen LogP contribution in [0.25, 0.3) is 11.0 Å². The van der Waals surface area contributed by atoms with Crippen LogP contribution in [0.1, 0.15) is 27.2 Å². The highest BCUT2D eigenvalue weighted by Crippen LogP contribution is 2.25. The third-order valence-corrected chi connectivity index (χ3v) is 3.50. The number of aliphatic hydroxyl groups is 1. The van der Waals surface area contributed by atoms with Crippen molar-refractivity contribution in [3.8, 4) is 0 Å². The zero-order valence-corrected chi connectivity index (χ0v) is 15.6. The third kappa shape index (κ3) is 4.55. The summed E-state index contributed by atoms with van der Waals surface area (Å²) >= 11 is 0. The van der Waals surface area contributed by atoms with Gasteiger partial charge >= 0.3 is 0 Å². The zero-order chi connectivity index (χ0) is 17.0. The molecule has 2 heterocycles. The second-order valence-corrected chi connectivity index (χ2v) is 5.79.